The minimum Gasteiger partial charge on any atom is -0.379 e. The number of nitrogens with one attached hydrogen (secondary N) is 1. The van der Waals surface area contributed by atoms with Gasteiger partial charge >= 0.3 is 6.03 Å². The smallest absolute Gasteiger partial charge is 0.317 e. The van der Waals surface area contributed by atoms with Gasteiger partial charge in [0.05, 0.1) is 13.2 Å². The van der Waals surface area contributed by atoms with Crippen molar-refractivity contribution in [2.75, 3.05) is 50.8 Å². The van der Waals surface area contributed by atoms with Crippen LogP contribution >= 0.6 is 0 Å². The molecule has 1 aliphatic carbocycles. The van der Waals surface area contributed by atoms with Crippen molar-refractivity contribution in [1.29, 1.82) is 0 Å². The van der Waals surface area contributed by atoms with Gasteiger partial charge in [0, 0.05) is 57.0 Å². The van der Waals surface area contributed by atoms with E-state index in [4.69, 9.17) is 4.74 Å². The van der Waals surface area contributed by atoms with Crippen LogP contribution in [0.4, 0.5) is 10.5 Å². The third-order valence-electron chi connectivity index (χ3n) is 8.55. The standard InChI is InChI=1S/C27H42N4O2/c1-27(2)11-14-31(26(32)28-22-5-3-4-6-22)20-21-19-24(7-8-25(21)27)29-12-9-23(10-13-29)30-15-17-33-18-16-30/h7-8,19,22-23H,3-6,9-18,20H2,1-2H3,(H,28,32). The average Bonchev–Trinajstić information content (AvgIpc) is 3.30. The molecular formula is C27H42N4O2. The third-order valence-corrected chi connectivity index (χ3v) is 8.55. The molecule has 2 amide bonds. The highest BCUT2D eigenvalue weighted by atomic mass is 16.5. The summed E-state index contributed by atoms with van der Waals surface area (Å²) in [5.74, 6) is 0. The molecule has 3 fully saturated rings. The number of hydrogen-bond acceptors (Lipinski definition) is 4. The maximum absolute atomic E-state index is 13.1. The number of hydrogen-bond donors (Lipinski definition) is 1. The number of rotatable bonds is 3. The Kier molecular flexibility index (Phi) is 6.84. The molecule has 0 unspecified atom stereocenters. The van der Waals surface area contributed by atoms with E-state index in [1.165, 1.54) is 42.5 Å². The van der Waals surface area contributed by atoms with Crippen LogP contribution in [0, 0.1) is 0 Å². The highest BCUT2D eigenvalue weighted by Crippen LogP contribution is 2.36. The van der Waals surface area contributed by atoms with E-state index in [0.29, 0.717) is 12.1 Å². The summed E-state index contributed by atoms with van der Waals surface area (Å²) >= 11 is 0. The Morgan fingerprint density at radius 1 is 1.00 bits per heavy atom. The van der Waals surface area contributed by atoms with Gasteiger partial charge in [0.2, 0.25) is 0 Å². The van der Waals surface area contributed by atoms with Gasteiger partial charge in [0.25, 0.3) is 0 Å². The zero-order valence-electron chi connectivity index (χ0n) is 20.7. The number of urea groups is 1. The van der Waals surface area contributed by atoms with E-state index < -0.39 is 0 Å². The molecule has 33 heavy (non-hydrogen) atoms. The maximum Gasteiger partial charge on any atom is 0.317 e. The molecule has 3 aliphatic heterocycles. The molecule has 5 rings (SSSR count). The fourth-order valence-corrected chi connectivity index (χ4v) is 6.34. The zero-order chi connectivity index (χ0) is 22.8. The first-order valence-corrected chi connectivity index (χ1v) is 13.3. The number of fused-ring (bicyclic) bond motifs is 1. The Morgan fingerprint density at radius 3 is 2.45 bits per heavy atom. The maximum atomic E-state index is 13.1. The largest absolute Gasteiger partial charge is 0.379 e. The van der Waals surface area contributed by atoms with Gasteiger partial charge in [-0.15, -0.1) is 0 Å². The molecule has 0 atom stereocenters. The van der Waals surface area contributed by atoms with Crippen molar-refractivity contribution < 1.29 is 9.53 Å². The first-order valence-electron chi connectivity index (χ1n) is 13.3. The first kappa shape index (κ1) is 23.0. The number of carbonyl (C=O) groups excluding carboxylic acids is 1. The molecule has 0 aromatic heterocycles. The molecule has 1 N–H and O–H groups in total. The normalized spacial score (nSPS) is 25.0. The third kappa shape index (κ3) is 5.17. The van der Waals surface area contributed by atoms with E-state index >= 15 is 0 Å². The Hall–Kier alpha value is -1.79. The molecule has 1 aromatic rings. The number of anilines is 1. The van der Waals surface area contributed by atoms with Crippen molar-refractivity contribution in [3.8, 4) is 0 Å². The van der Waals surface area contributed by atoms with Crippen LogP contribution in [-0.2, 0) is 16.7 Å². The van der Waals surface area contributed by atoms with Crippen LogP contribution in [0.2, 0.25) is 0 Å². The number of amides is 2. The summed E-state index contributed by atoms with van der Waals surface area (Å²) in [4.78, 5) is 20.3. The monoisotopic (exact) mass is 454 g/mol. The predicted molar refractivity (Wildman–Crippen MR) is 133 cm³/mol. The Bertz CT molecular complexity index is 821. The Labute approximate surface area is 199 Å². The molecule has 6 heteroatoms. The molecule has 182 valence electrons. The molecule has 1 saturated carbocycles. The van der Waals surface area contributed by atoms with Crippen LogP contribution in [0.1, 0.15) is 69.9 Å². The van der Waals surface area contributed by atoms with Crippen molar-refractivity contribution in [2.24, 2.45) is 0 Å². The lowest BCUT2D eigenvalue weighted by Crippen LogP contribution is -2.49. The number of nitrogens with zero attached hydrogens (tertiary/aromatic N) is 3. The summed E-state index contributed by atoms with van der Waals surface area (Å²) in [5, 5.41) is 3.31. The van der Waals surface area contributed by atoms with E-state index in [2.05, 4.69) is 52.1 Å². The van der Waals surface area contributed by atoms with Crippen LogP contribution < -0.4 is 10.2 Å². The van der Waals surface area contributed by atoms with Gasteiger partial charge < -0.3 is 19.9 Å². The van der Waals surface area contributed by atoms with Crippen molar-refractivity contribution in [3.05, 3.63) is 29.3 Å². The molecule has 0 radical (unpaired) electrons. The summed E-state index contributed by atoms with van der Waals surface area (Å²) in [6.45, 7) is 12.3. The van der Waals surface area contributed by atoms with Gasteiger partial charge in [-0.05, 0) is 60.8 Å². The topological polar surface area (TPSA) is 48.1 Å². The van der Waals surface area contributed by atoms with Crippen molar-refractivity contribution in [1.82, 2.24) is 15.1 Å². The van der Waals surface area contributed by atoms with Gasteiger partial charge in [0.15, 0.2) is 0 Å². The number of ether oxygens (including phenoxy) is 1. The van der Waals surface area contributed by atoms with Crippen LogP contribution in [-0.4, -0.2) is 73.9 Å². The van der Waals surface area contributed by atoms with Gasteiger partial charge in [0.1, 0.15) is 0 Å². The quantitative estimate of drug-likeness (QED) is 0.746. The van der Waals surface area contributed by atoms with Gasteiger partial charge in [-0.1, -0.05) is 32.8 Å². The van der Waals surface area contributed by atoms with E-state index in [1.807, 2.05) is 0 Å². The van der Waals surface area contributed by atoms with E-state index in [9.17, 15) is 4.79 Å². The Morgan fingerprint density at radius 2 is 1.73 bits per heavy atom. The van der Waals surface area contributed by atoms with Gasteiger partial charge in [-0.2, -0.15) is 0 Å². The molecule has 2 saturated heterocycles. The number of benzene rings is 1. The van der Waals surface area contributed by atoms with Crippen molar-refractivity contribution in [2.45, 2.75) is 82.8 Å². The number of piperidine rings is 1. The van der Waals surface area contributed by atoms with Crippen molar-refractivity contribution >= 4 is 11.7 Å². The molecule has 0 bridgehead atoms. The van der Waals surface area contributed by atoms with Crippen LogP contribution in [0.3, 0.4) is 0 Å². The Balaban J connectivity index is 1.28. The van der Waals surface area contributed by atoms with Crippen LogP contribution in [0.15, 0.2) is 18.2 Å². The number of carbonyl (C=O) groups is 1. The summed E-state index contributed by atoms with van der Waals surface area (Å²) in [7, 11) is 0. The second kappa shape index (κ2) is 9.83. The SMILES string of the molecule is CC1(C)CCN(C(=O)NC2CCCC2)Cc2cc(N3CCC(N4CCOCC4)CC3)ccc21. The zero-order valence-corrected chi connectivity index (χ0v) is 20.7. The second-order valence-corrected chi connectivity index (χ2v) is 11.2. The highest BCUT2D eigenvalue weighted by molar-refractivity contribution is 5.75. The fourth-order valence-electron chi connectivity index (χ4n) is 6.34. The predicted octanol–water partition coefficient (Wildman–Crippen LogP) is 4.12. The van der Waals surface area contributed by atoms with E-state index in [1.54, 1.807) is 0 Å². The lowest BCUT2D eigenvalue weighted by atomic mass is 9.80. The van der Waals surface area contributed by atoms with Gasteiger partial charge in [-0.3, -0.25) is 4.90 Å². The highest BCUT2D eigenvalue weighted by Gasteiger charge is 2.32. The van der Waals surface area contributed by atoms with Crippen LogP contribution in [0.25, 0.3) is 0 Å². The average molecular weight is 455 g/mol. The van der Waals surface area contributed by atoms with Crippen LogP contribution in [0.5, 0.6) is 0 Å². The summed E-state index contributed by atoms with van der Waals surface area (Å²) < 4.78 is 5.54. The molecular weight excluding hydrogens is 412 g/mol. The first-order chi connectivity index (χ1) is 16.0. The van der Waals surface area contributed by atoms with E-state index in [0.717, 1.165) is 71.7 Å². The lowest BCUT2D eigenvalue weighted by molar-refractivity contribution is 0.0115. The molecule has 6 nitrogen and oxygen atoms in total. The molecule has 0 spiro atoms. The van der Waals surface area contributed by atoms with E-state index in [-0.39, 0.29) is 11.4 Å². The van der Waals surface area contributed by atoms with Gasteiger partial charge in [-0.25, -0.2) is 4.79 Å². The molecule has 1 aromatic carbocycles. The molecule has 3 heterocycles. The second-order valence-electron chi connectivity index (χ2n) is 11.2. The summed E-state index contributed by atoms with van der Waals surface area (Å²) in [6, 6.07) is 8.24. The van der Waals surface area contributed by atoms with Crippen molar-refractivity contribution in [3.63, 3.8) is 0 Å². The molecule has 4 aliphatic rings. The minimum absolute atomic E-state index is 0.0829. The fraction of sp³-hybridized carbons (Fsp3) is 0.741. The minimum atomic E-state index is 0.0829. The number of morpholine rings is 1. The summed E-state index contributed by atoms with van der Waals surface area (Å²) in [5.41, 5.74) is 4.14. The summed E-state index contributed by atoms with van der Waals surface area (Å²) in [6.07, 6.45) is 8.19. The lowest BCUT2D eigenvalue weighted by Gasteiger charge is -2.41.